The first-order valence-corrected chi connectivity index (χ1v) is 5.39. The third-order valence-electron chi connectivity index (χ3n) is 2.48. The highest BCUT2D eigenvalue weighted by molar-refractivity contribution is 5.34. The van der Waals surface area contributed by atoms with Crippen LogP contribution in [0.4, 0.5) is 0 Å². The molecule has 0 nitrogen and oxygen atoms in total. The van der Waals surface area contributed by atoms with E-state index in [4.69, 9.17) is 0 Å². The normalized spacial score (nSPS) is 19.2. The molecule has 0 spiro atoms. The fraction of sp³-hybridized carbons (Fsp3) is 0.538. The van der Waals surface area contributed by atoms with Crippen LogP contribution in [0.2, 0.25) is 0 Å². The second kappa shape index (κ2) is 5.80. The van der Waals surface area contributed by atoms with Gasteiger partial charge in [-0.1, -0.05) is 31.2 Å². The van der Waals surface area contributed by atoms with E-state index in [0.29, 0.717) is 0 Å². The zero-order valence-corrected chi connectivity index (χ0v) is 8.84. The van der Waals surface area contributed by atoms with E-state index in [1.807, 2.05) is 0 Å². The van der Waals surface area contributed by atoms with Crippen LogP contribution in [0.5, 0.6) is 0 Å². The number of rotatable bonds is 3. The van der Waals surface area contributed by atoms with Gasteiger partial charge in [0.2, 0.25) is 0 Å². The van der Waals surface area contributed by atoms with Crippen LogP contribution in [-0.2, 0) is 0 Å². The van der Waals surface area contributed by atoms with Gasteiger partial charge in [-0.2, -0.15) is 0 Å². The maximum absolute atomic E-state index is 2.31. The van der Waals surface area contributed by atoms with Crippen molar-refractivity contribution in [2.24, 2.45) is 0 Å². The summed E-state index contributed by atoms with van der Waals surface area (Å²) in [7, 11) is 0. The highest BCUT2D eigenvalue weighted by Crippen LogP contribution is 2.26. The molecule has 0 unspecified atom stereocenters. The third kappa shape index (κ3) is 3.22. The minimum absolute atomic E-state index is 1.15. The molecule has 0 atom stereocenters. The SMILES string of the molecule is C/C=C\C1=C(/C=C\CC)CCCC1. The summed E-state index contributed by atoms with van der Waals surface area (Å²) in [6.45, 7) is 4.29. The van der Waals surface area contributed by atoms with Crippen molar-refractivity contribution in [2.45, 2.75) is 46.0 Å². The van der Waals surface area contributed by atoms with Gasteiger partial charge in [-0.05, 0) is 50.2 Å². The summed E-state index contributed by atoms with van der Waals surface area (Å²) in [6.07, 6.45) is 15.4. The Morgan fingerprint density at radius 1 is 1.08 bits per heavy atom. The molecule has 0 aliphatic heterocycles. The summed E-state index contributed by atoms with van der Waals surface area (Å²) >= 11 is 0. The van der Waals surface area contributed by atoms with Crippen molar-refractivity contribution >= 4 is 0 Å². The van der Waals surface area contributed by atoms with E-state index in [9.17, 15) is 0 Å². The van der Waals surface area contributed by atoms with Gasteiger partial charge < -0.3 is 0 Å². The molecule has 0 aromatic heterocycles. The van der Waals surface area contributed by atoms with E-state index >= 15 is 0 Å². The molecule has 0 fully saturated rings. The minimum Gasteiger partial charge on any atom is -0.0874 e. The van der Waals surface area contributed by atoms with E-state index < -0.39 is 0 Å². The zero-order valence-electron chi connectivity index (χ0n) is 8.84. The van der Waals surface area contributed by atoms with Crippen LogP contribution in [0, 0.1) is 0 Å². The maximum atomic E-state index is 2.31. The molecule has 0 aromatic carbocycles. The van der Waals surface area contributed by atoms with Crippen molar-refractivity contribution in [3.8, 4) is 0 Å². The van der Waals surface area contributed by atoms with E-state index in [-0.39, 0.29) is 0 Å². The highest BCUT2D eigenvalue weighted by Gasteiger charge is 2.07. The van der Waals surface area contributed by atoms with Gasteiger partial charge in [0.05, 0.1) is 0 Å². The van der Waals surface area contributed by atoms with Gasteiger partial charge in [0.25, 0.3) is 0 Å². The second-order valence-corrected chi connectivity index (χ2v) is 3.57. The zero-order chi connectivity index (χ0) is 9.52. The first-order valence-electron chi connectivity index (χ1n) is 5.39. The monoisotopic (exact) mass is 176 g/mol. The molecular formula is C13H20. The molecule has 1 aliphatic rings. The fourth-order valence-electron chi connectivity index (χ4n) is 1.79. The topological polar surface area (TPSA) is 0 Å². The highest BCUT2D eigenvalue weighted by atomic mass is 14.1. The molecule has 0 aromatic rings. The lowest BCUT2D eigenvalue weighted by molar-refractivity contribution is 0.693. The Labute approximate surface area is 82.0 Å². The molecule has 0 heterocycles. The summed E-state index contributed by atoms with van der Waals surface area (Å²) in [5, 5.41) is 0. The molecule has 0 bridgehead atoms. The Morgan fingerprint density at radius 3 is 2.23 bits per heavy atom. The Balaban J connectivity index is 2.76. The van der Waals surface area contributed by atoms with Gasteiger partial charge in [-0.25, -0.2) is 0 Å². The van der Waals surface area contributed by atoms with Crippen LogP contribution in [0.3, 0.4) is 0 Å². The molecule has 1 rings (SSSR count). The van der Waals surface area contributed by atoms with Crippen molar-refractivity contribution in [3.63, 3.8) is 0 Å². The van der Waals surface area contributed by atoms with Crippen LogP contribution in [0.1, 0.15) is 46.0 Å². The van der Waals surface area contributed by atoms with Gasteiger partial charge in [0, 0.05) is 0 Å². The fourth-order valence-corrected chi connectivity index (χ4v) is 1.79. The van der Waals surface area contributed by atoms with Crippen LogP contribution in [0.25, 0.3) is 0 Å². The lowest BCUT2D eigenvalue weighted by Gasteiger charge is -2.15. The lowest BCUT2D eigenvalue weighted by atomic mass is 9.91. The molecule has 0 amide bonds. The molecule has 13 heavy (non-hydrogen) atoms. The summed E-state index contributed by atoms with van der Waals surface area (Å²) in [5.41, 5.74) is 3.12. The maximum Gasteiger partial charge on any atom is -0.0276 e. The van der Waals surface area contributed by atoms with Crippen LogP contribution in [-0.4, -0.2) is 0 Å². The Hall–Kier alpha value is -0.780. The Kier molecular flexibility index (Phi) is 4.59. The molecule has 0 heteroatoms. The largest absolute Gasteiger partial charge is 0.0874 e. The minimum atomic E-state index is 1.15. The van der Waals surface area contributed by atoms with Gasteiger partial charge in [0.1, 0.15) is 0 Å². The molecule has 0 radical (unpaired) electrons. The molecule has 1 aliphatic carbocycles. The van der Waals surface area contributed by atoms with Gasteiger partial charge in [-0.3, -0.25) is 0 Å². The standard InChI is InChI=1S/C13H20/c1-3-5-9-13-11-7-6-10-12(13)8-4-2/h4-5,8-9H,3,6-7,10-11H2,1-2H3/b8-4-,9-5-. The van der Waals surface area contributed by atoms with Crippen molar-refractivity contribution in [2.75, 3.05) is 0 Å². The third-order valence-corrected chi connectivity index (χ3v) is 2.48. The van der Waals surface area contributed by atoms with Crippen molar-refractivity contribution < 1.29 is 0 Å². The summed E-state index contributed by atoms with van der Waals surface area (Å²) in [6, 6.07) is 0. The average molecular weight is 176 g/mol. The van der Waals surface area contributed by atoms with Crippen LogP contribution in [0.15, 0.2) is 35.5 Å². The van der Waals surface area contributed by atoms with Crippen LogP contribution < -0.4 is 0 Å². The van der Waals surface area contributed by atoms with Crippen molar-refractivity contribution in [3.05, 3.63) is 35.5 Å². The molecule has 0 N–H and O–H groups in total. The molecule has 0 saturated carbocycles. The number of hydrogen-bond acceptors (Lipinski definition) is 0. The summed E-state index contributed by atoms with van der Waals surface area (Å²) in [4.78, 5) is 0. The summed E-state index contributed by atoms with van der Waals surface area (Å²) < 4.78 is 0. The van der Waals surface area contributed by atoms with E-state index in [1.54, 1.807) is 11.1 Å². The van der Waals surface area contributed by atoms with E-state index in [0.717, 1.165) is 6.42 Å². The number of hydrogen-bond donors (Lipinski definition) is 0. The van der Waals surface area contributed by atoms with Gasteiger partial charge in [0.15, 0.2) is 0 Å². The van der Waals surface area contributed by atoms with Gasteiger partial charge in [-0.15, -0.1) is 0 Å². The smallest absolute Gasteiger partial charge is 0.0276 e. The summed E-state index contributed by atoms with van der Waals surface area (Å²) in [5.74, 6) is 0. The Morgan fingerprint density at radius 2 is 1.69 bits per heavy atom. The van der Waals surface area contributed by atoms with Crippen molar-refractivity contribution in [1.29, 1.82) is 0 Å². The Bertz CT molecular complexity index is 228. The quantitative estimate of drug-likeness (QED) is 0.598. The predicted octanol–water partition coefficient (Wildman–Crippen LogP) is 4.40. The van der Waals surface area contributed by atoms with Crippen molar-refractivity contribution in [1.82, 2.24) is 0 Å². The molecule has 0 saturated heterocycles. The van der Waals surface area contributed by atoms with Gasteiger partial charge >= 0.3 is 0 Å². The van der Waals surface area contributed by atoms with E-state index in [2.05, 4.69) is 38.2 Å². The number of allylic oxidation sites excluding steroid dienone is 6. The lowest BCUT2D eigenvalue weighted by Crippen LogP contribution is -1.95. The predicted molar refractivity (Wildman–Crippen MR) is 59.7 cm³/mol. The molecule has 72 valence electrons. The molecular weight excluding hydrogens is 156 g/mol. The van der Waals surface area contributed by atoms with Crippen LogP contribution >= 0.6 is 0 Å². The second-order valence-electron chi connectivity index (χ2n) is 3.57. The van der Waals surface area contributed by atoms with E-state index in [1.165, 1.54) is 25.7 Å². The first-order chi connectivity index (χ1) is 6.38. The first kappa shape index (κ1) is 10.3. The average Bonchev–Trinajstić information content (AvgIpc) is 2.17.